The standard InChI is InChI=1S/C11H16N4O/c1-14-11(15-6-4-3-5-7-15)9(8-12)10(13-14)16-2/h3-7H2,1-2H3. The highest BCUT2D eigenvalue weighted by Crippen LogP contribution is 2.29. The number of aryl methyl sites for hydroxylation is 1. The molecule has 0 N–H and O–H groups in total. The Balaban J connectivity index is 2.38. The van der Waals surface area contributed by atoms with E-state index in [1.165, 1.54) is 19.3 Å². The number of hydrogen-bond acceptors (Lipinski definition) is 4. The third-order valence-corrected chi connectivity index (χ3v) is 2.95. The van der Waals surface area contributed by atoms with E-state index in [0.717, 1.165) is 18.9 Å². The van der Waals surface area contributed by atoms with E-state index >= 15 is 0 Å². The van der Waals surface area contributed by atoms with Crippen LogP contribution in [-0.2, 0) is 7.05 Å². The molecule has 0 bridgehead atoms. The van der Waals surface area contributed by atoms with Crippen molar-refractivity contribution in [2.75, 3.05) is 25.1 Å². The molecule has 1 aliphatic heterocycles. The van der Waals surface area contributed by atoms with Gasteiger partial charge in [0, 0.05) is 20.1 Å². The number of anilines is 1. The van der Waals surface area contributed by atoms with Crippen LogP contribution in [0.25, 0.3) is 0 Å². The van der Waals surface area contributed by atoms with Gasteiger partial charge in [-0.25, -0.2) is 4.68 Å². The highest BCUT2D eigenvalue weighted by molar-refractivity contribution is 5.59. The van der Waals surface area contributed by atoms with Crippen molar-refractivity contribution in [3.05, 3.63) is 5.56 Å². The molecule has 5 nitrogen and oxygen atoms in total. The topological polar surface area (TPSA) is 54.1 Å². The summed E-state index contributed by atoms with van der Waals surface area (Å²) in [4.78, 5) is 2.22. The third-order valence-electron chi connectivity index (χ3n) is 2.95. The van der Waals surface area contributed by atoms with Crippen molar-refractivity contribution in [1.29, 1.82) is 5.26 Å². The first kappa shape index (κ1) is 10.8. The summed E-state index contributed by atoms with van der Waals surface area (Å²) in [6, 6.07) is 2.18. The molecule has 1 saturated heterocycles. The lowest BCUT2D eigenvalue weighted by molar-refractivity contribution is 0.391. The molecule has 1 fully saturated rings. The normalized spacial score (nSPS) is 15.9. The summed E-state index contributed by atoms with van der Waals surface area (Å²) in [5, 5.41) is 13.4. The van der Waals surface area contributed by atoms with Gasteiger partial charge in [0.2, 0.25) is 0 Å². The van der Waals surface area contributed by atoms with Crippen molar-refractivity contribution < 1.29 is 4.74 Å². The maximum atomic E-state index is 9.16. The zero-order chi connectivity index (χ0) is 11.5. The molecule has 0 saturated carbocycles. The summed E-state index contributed by atoms with van der Waals surface area (Å²) < 4.78 is 6.85. The molecule has 0 radical (unpaired) electrons. The molecule has 0 unspecified atom stereocenters. The molecular weight excluding hydrogens is 204 g/mol. The number of methoxy groups -OCH3 is 1. The summed E-state index contributed by atoms with van der Waals surface area (Å²) in [7, 11) is 3.40. The van der Waals surface area contributed by atoms with E-state index in [4.69, 9.17) is 10.00 Å². The first-order chi connectivity index (χ1) is 7.77. The van der Waals surface area contributed by atoms with Gasteiger partial charge < -0.3 is 9.64 Å². The summed E-state index contributed by atoms with van der Waals surface area (Å²) in [6.07, 6.45) is 3.63. The van der Waals surface area contributed by atoms with Crippen LogP contribution in [0.3, 0.4) is 0 Å². The van der Waals surface area contributed by atoms with E-state index in [2.05, 4.69) is 16.1 Å². The number of ether oxygens (including phenoxy) is 1. The molecule has 0 atom stereocenters. The summed E-state index contributed by atoms with van der Waals surface area (Å²) in [5.74, 6) is 1.31. The Morgan fingerprint density at radius 1 is 1.31 bits per heavy atom. The van der Waals surface area contributed by atoms with E-state index in [0.29, 0.717) is 11.4 Å². The number of hydrogen-bond donors (Lipinski definition) is 0. The Kier molecular flexibility index (Phi) is 3.00. The highest BCUT2D eigenvalue weighted by Gasteiger charge is 2.23. The Morgan fingerprint density at radius 2 is 2.00 bits per heavy atom. The van der Waals surface area contributed by atoms with Gasteiger partial charge in [0.05, 0.1) is 7.11 Å². The molecule has 16 heavy (non-hydrogen) atoms. The Labute approximate surface area is 95.2 Å². The molecule has 86 valence electrons. The average Bonchev–Trinajstić information content (AvgIpc) is 2.66. The maximum Gasteiger partial charge on any atom is 0.252 e. The fourth-order valence-corrected chi connectivity index (χ4v) is 2.20. The predicted molar refractivity (Wildman–Crippen MR) is 60.5 cm³/mol. The van der Waals surface area contributed by atoms with Gasteiger partial charge in [0.1, 0.15) is 11.9 Å². The van der Waals surface area contributed by atoms with Crippen LogP contribution in [0.5, 0.6) is 5.88 Å². The highest BCUT2D eigenvalue weighted by atomic mass is 16.5. The number of nitrogens with zero attached hydrogens (tertiary/aromatic N) is 4. The van der Waals surface area contributed by atoms with Crippen LogP contribution in [0.4, 0.5) is 5.82 Å². The second-order valence-electron chi connectivity index (χ2n) is 3.99. The third kappa shape index (κ3) is 1.71. The molecule has 0 spiro atoms. The molecule has 2 heterocycles. The van der Waals surface area contributed by atoms with Gasteiger partial charge in [-0.3, -0.25) is 0 Å². The quantitative estimate of drug-likeness (QED) is 0.753. The number of nitriles is 1. The van der Waals surface area contributed by atoms with Crippen LogP contribution in [0.2, 0.25) is 0 Å². The van der Waals surface area contributed by atoms with Crippen LogP contribution in [0.1, 0.15) is 24.8 Å². The fourth-order valence-electron chi connectivity index (χ4n) is 2.20. The lowest BCUT2D eigenvalue weighted by Gasteiger charge is -2.28. The van der Waals surface area contributed by atoms with Crippen molar-refractivity contribution in [3.63, 3.8) is 0 Å². The van der Waals surface area contributed by atoms with Crippen molar-refractivity contribution in [1.82, 2.24) is 9.78 Å². The van der Waals surface area contributed by atoms with Crippen LogP contribution in [0, 0.1) is 11.3 Å². The van der Waals surface area contributed by atoms with E-state index in [1.54, 1.807) is 11.8 Å². The van der Waals surface area contributed by atoms with Gasteiger partial charge in [-0.1, -0.05) is 0 Å². The summed E-state index contributed by atoms with van der Waals surface area (Å²) in [6.45, 7) is 1.99. The maximum absolute atomic E-state index is 9.16. The van der Waals surface area contributed by atoms with Crippen LogP contribution >= 0.6 is 0 Å². The zero-order valence-electron chi connectivity index (χ0n) is 9.73. The lowest BCUT2D eigenvalue weighted by atomic mass is 10.1. The minimum absolute atomic E-state index is 0.422. The molecule has 1 aromatic heterocycles. The van der Waals surface area contributed by atoms with Crippen molar-refractivity contribution in [3.8, 4) is 11.9 Å². The summed E-state index contributed by atoms with van der Waals surface area (Å²) in [5.41, 5.74) is 0.548. The second kappa shape index (κ2) is 4.44. The van der Waals surface area contributed by atoms with Crippen LogP contribution < -0.4 is 9.64 Å². The first-order valence-electron chi connectivity index (χ1n) is 5.54. The zero-order valence-corrected chi connectivity index (χ0v) is 9.73. The minimum Gasteiger partial charge on any atom is -0.479 e. The number of aromatic nitrogens is 2. The van der Waals surface area contributed by atoms with Crippen molar-refractivity contribution in [2.45, 2.75) is 19.3 Å². The number of piperidine rings is 1. The van der Waals surface area contributed by atoms with Gasteiger partial charge >= 0.3 is 0 Å². The smallest absolute Gasteiger partial charge is 0.252 e. The Bertz CT molecular complexity index is 412. The first-order valence-corrected chi connectivity index (χ1v) is 5.54. The Hall–Kier alpha value is -1.70. The van der Waals surface area contributed by atoms with Gasteiger partial charge in [-0.15, -0.1) is 5.10 Å². The SMILES string of the molecule is COc1nn(C)c(N2CCCCC2)c1C#N. The van der Waals surface area contributed by atoms with E-state index in [9.17, 15) is 0 Å². The van der Waals surface area contributed by atoms with Crippen molar-refractivity contribution in [2.24, 2.45) is 7.05 Å². The minimum atomic E-state index is 0.422. The van der Waals surface area contributed by atoms with Crippen LogP contribution in [-0.4, -0.2) is 30.0 Å². The monoisotopic (exact) mass is 220 g/mol. The van der Waals surface area contributed by atoms with Crippen LogP contribution in [0.15, 0.2) is 0 Å². The molecule has 0 aromatic carbocycles. The molecule has 1 aliphatic rings. The molecule has 1 aromatic rings. The Morgan fingerprint density at radius 3 is 2.56 bits per heavy atom. The molecule has 0 amide bonds. The number of rotatable bonds is 2. The van der Waals surface area contributed by atoms with Gasteiger partial charge in [-0.05, 0) is 19.3 Å². The second-order valence-corrected chi connectivity index (χ2v) is 3.99. The predicted octanol–water partition coefficient (Wildman–Crippen LogP) is 1.29. The van der Waals surface area contributed by atoms with Gasteiger partial charge in [0.25, 0.3) is 5.88 Å². The van der Waals surface area contributed by atoms with Gasteiger partial charge in [-0.2, -0.15) is 5.26 Å². The fraction of sp³-hybridized carbons (Fsp3) is 0.636. The molecule has 0 aliphatic carbocycles. The summed E-state index contributed by atoms with van der Waals surface area (Å²) >= 11 is 0. The largest absolute Gasteiger partial charge is 0.479 e. The van der Waals surface area contributed by atoms with E-state index in [1.807, 2.05) is 7.05 Å². The lowest BCUT2D eigenvalue weighted by Crippen LogP contribution is -2.31. The average molecular weight is 220 g/mol. The van der Waals surface area contributed by atoms with E-state index in [-0.39, 0.29) is 0 Å². The molecule has 2 rings (SSSR count). The molecule has 5 heteroatoms. The van der Waals surface area contributed by atoms with E-state index < -0.39 is 0 Å². The van der Waals surface area contributed by atoms with Gasteiger partial charge in [0.15, 0.2) is 5.56 Å². The molecular formula is C11H16N4O. The van der Waals surface area contributed by atoms with Crippen molar-refractivity contribution >= 4 is 5.82 Å².